The Labute approximate surface area is 115 Å². The molecule has 1 heterocycles. The van der Waals surface area contributed by atoms with Crippen LogP contribution in [-0.2, 0) is 16.4 Å². The van der Waals surface area contributed by atoms with Gasteiger partial charge in [-0.25, -0.2) is 8.42 Å². The van der Waals surface area contributed by atoms with Crippen molar-refractivity contribution in [2.75, 3.05) is 5.75 Å². The molecule has 0 fully saturated rings. The number of nitrogens with one attached hydrogen (secondary N) is 1. The van der Waals surface area contributed by atoms with Crippen molar-refractivity contribution in [3.63, 3.8) is 0 Å². The van der Waals surface area contributed by atoms with Crippen molar-refractivity contribution in [2.45, 2.75) is 12.6 Å². The molecule has 102 valence electrons. The number of nitro groups is 1. The quantitative estimate of drug-likeness (QED) is 0.674. The van der Waals surface area contributed by atoms with Gasteiger partial charge in [-0.05, 0) is 11.6 Å². The lowest BCUT2D eigenvalue weighted by atomic mass is 10.2. The van der Waals surface area contributed by atoms with Crippen molar-refractivity contribution in [3.05, 3.63) is 50.4 Å². The summed E-state index contributed by atoms with van der Waals surface area (Å²) in [6.45, 7) is 0.349. The molecule has 0 aliphatic carbocycles. The fourth-order valence-corrected chi connectivity index (χ4v) is 3.25. The lowest BCUT2D eigenvalue weighted by Crippen LogP contribution is -2.29. The molecule has 6 nitrogen and oxygen atoms in total. The summed E-state index contributed by atoms with van der Waals surface area (Å²) in [5.41, 5.74) is 0.613. The third-order valence-electron chi connectivity index (χ3n) is 2.73. The summed E-state index contributed by atoms with van der Waals surface area (Å²) in [4.78, 5) is 10.0. The Morgan fingerprint density at radius 1 is 1.47 bits per heavy atom. The number of halogens is 1. The molecule has 2 rings (SSSR count). The SMILES string of the molecule is O=[N+]([O-])c1ccc(CNC2C=CS(=O)(=O)C2)c(Cl)c1. The van der Waals surface area contributed by atoms with Gasteiger partial charge in [0.1, 0.15) is 0 Å². The highest BCUT2D eigenvalue weighted by Crippen LogP contribution is 2.22. The average molecular weight is 303 g/mol. The monoisotopic (exact) mass is 302 g/mol. The number of benzene rings is 1. The number of rotatable bonds is 4. The molecule has 1 N–H and O–H groups in total. The molecule has 1 aromatic rings. The van der Waals surface area contributed by atoms with E-state index in [1.54, 1.807) is 12.1 Å². The third-order valence-corrected chi connectivity index (χ3v) is 4.48. The molecule has 8 heteroatoms. The highest BCUT2D eigenvalue weighted by atomic mass is 35.5. The summed E-state index contributed by atoms with van der Waals surface area (Å²) in [7, 11) is -3.09. The maximum absolute atomic E-state index is 11.2. The molecular formula is C11H11ClN2O4S. The van der Waals surface area contributed by atoms with Gasteiger partial charge in [0.15, 0.2) is 9.84 Å². The highest BCUT2D eigenvalue weighted by molar-refractivity contribution is 7.94. The van der Waals surface area contributed by atoms with E-state index in [0.29, 0.717) is 12.1 Å². The van der Waals surface area contributed by atoms with E-state index < -0.39 is 14.8 Å². The van der Waals surface area contributed by atoms with Gasteiger partial charge in [-0.2, -0.15) is 0 Å². The van der Waals surface area contributed by atoms with Crippen molar-refractivity contribution in [2.24, 2.45) is 0 Å². The zero-order valence-electron chi connectivity index (χ0n) is 9.74. The van der Waals surface area contributed by atoms with Crippen LogP contribution in [0.25, 0.3) is 0 Å². The van der Waals surface area contributed by atoms with E-state index in [0.717, 1.165) is 0 Å². The summed E-state index contributed by atoms with van der Waals surface area (Å²) in [6.07, 6.45) is 1.58. The predicted octanol–water partition coefficient (Wildman–Crippen LogP) is 1.65. The standard InChI is InChI=1S/C11H11ClN2O4S/c12-11-5-10(14(15)16)2-1-8(11)6-13-9-3-4-19(17,18)7-9/h1-5,9,13H,6-7H2. The molecular weight excluding hydrogens is 292 g/mol. The van der Waals surface area contributed by atoms with Crippen molar-refractivity contribution in [1.29, 1.82) is 0 Å². The van der Waals surface area contributed by atoms with Crippen LogP contribution in [0, 0.1) is 10.1 Å². The van der Waals surface area contributed by atoms with Crippen LogP contribution >= 0.6 is 11.6 Å². The first-order valence-electron chi connectivity index (χ1n) is 5.44. The lowest BCUT2D eigenvalue weighted by molar-refractivity contribution is -0.384. The van der Waals surface area contributed by atoms with E-state index in [-0.39, 0.29) is 22.5 Å². The van der Waals surface area contributed by atoms with Crippen molar-refractivity contribution >= 4 is 27.1 Å². The zero-order chi connectivity index (χ0) is 14.0. The van der Waals surface area contributed by atoms with Crippen LogP contribution in [0.1, 0.15) is 5.56 Å². The molecule has 1 aromatic carbocycles. The van der Waals surface area contributed by atoms with Gasteiger partial charge in [0.05, 0.1) is 15.7 Å². The Kier molecular flexibility index (Phi) is 3.88. The Morgan fingerprint density at radius 3 is 2.74 bits per heavy atom. The fourth-order valence-electron chi connectivity index (χ4n) is 1.74. The molecule has 0 aromatic heterocycles. The zero-order valence-corrected chi connectivity index (χ0v) is 11.3. The average Bonchev–Trinajstić information content (AvgIpc) is 2.67. The molecule has 0 amide bonds. The minimum absolute atomic E-state index is 0.0254. The van der Waals surface area contributed by atoms with Crippen molar-refractivity contribution < 1.29 is 13.3 Å². The summed E-state index contributed by atoms with van der Waals surface area (Å²) < 4.78 is 22.4. The minimum atomic E-state index is -3.09. The van der Waals surface area contributed by atoms with Gasteiger partial charge >= 0.3 is 0 Å². The van der Waals surface area contributed by atoms with Crippen LogP contribution in [-0.4, -0.2) is 25.1 Å². The molecule has 1 aliphatic rings. The first-order valence-corrected chi connectivity index (χ1v) is 7.54. The van der Waals surface area contributed by atoms with Crippen molar-refractivity contribution in [3.8, 4) is 0 Å². The second-order valence-electron chi connectivity index (χ2n) is 4.18. The fraction of sp³-hybridized carbons (Fsp3) is 0.273. The lowest BCUT2D eigenvalue weighted by Gasteiger charge is -2.10. The molecule has 0 saturated heterocycles. The number of nitrogens with zero attached hydrogens (tertiary/aromatic N) is 1. The maximum atomic E-state index is 11.2. The van der Waals surface area contributed by atoms with Crippen LogP contribution in [0.15, 0.2) is 29.7 Å². The molecule has 19 heavy (non-hydrogen) atoms. The Hall–Kier alpha value is -1.44. The van der Waals surface area contributed by atoms with Gasteiger partial charge < -0.3 is 5.32 Å². The van der Waals surface area contributed by atoms with Gasteiger partial charge in [-0.1, -0.05) is 17.7 Å². The Bertz CT molecular complexity index is 642. The van der Waals surface area contributed by atoms with E-state index >= 15 is 0 Å². The van der Waals surface area contributed by atoms with Gasteiger partial charge in [-0.15, -0.1) is 0 Å². The van der Waals surface area contributed by atoms with Gasteiger partial charge in [0.2, 0.25) is 0 Å². The number of nitro benzene ring substituents is 1. The van der Waals surface area contributed by atoms with Gasteiger partial charge in [0.25, 0.3) is 5.69 Å². The van der Waals surface area contributed by atoms with E-state index in [4.69, 9.17) is 11.6 Å². The maximum Gasteiger partial charge on any atom is 0.270 e. The third kappa shape index (κ3) is 3.52. The predicted molar refractivity (Wildman–Crippen MR) is 71.7 cm³/mol. The molecule has 1 unspecified atom stereocenters. The number of non-ortho nitro benzene ring substituents is 1. The van der Waals surface area contributed by atoms with Crippen LogP contribution in [0.2, 0.25) is 5.02 Å². The van der Waals surface area contributed by atoms with Crippen molar-refractivity contribution in [1.82, 2.24) is 5.32 Å². The first-order chi connectivity index (χ1) is 8.87. The molecule has 0 bridgehead atoms. The number of sulfone groups is 1. The largest absolute Gasteiger partial charge is 0.305 e. The number of hydrogen-bond donors (Lipinski definition) is 1. The summed E-state index contributed by atoms with van der Waals surface area (Å²) in [6, 6.07) is 3.95. The minimum Gasteiger partial charge on any atom is -0.305 e. The van der Waals surface area contributed by atoms with Crippen LogP contribution in [0.4, 0.5) is 5.69 Å². The van der Waals surface area contributed by atoms with Gasteiger partial charge in [0, 0.05) is 30.1 Å². The topological polar surface area (TPSA) is 89.3 Å². The molecule has 1 atom stereocenters. The molecule has 0 radical (unpaired) electrons. The first kappa shape index (κ1) is 14.0. The van der Waals surface area contributed by atoms with E-state index in [9.17, 15) is 18.5 Å². The molecule has 0 saturated carbocycles. The van der Waals surface area contributed by atoms with E-state index in [1.807, 2.05) is 0 Å². The van der Waals surface area contributed by atoms with E-state index in [2.05, 4.69) is 5.32 Å². The second kappa shape index (κ2) is 5.28. The normalized spacial score (nSPS) is 20.6. The second-order valence-corrected chi connectivity index (χ2v) is 6.52. The molecule has 1 aliphatic heterocycles. The van der Waals surface area contributed by atoms with Crippen LogP contribution in [0.3, 0.4) is 0 Å². The highest BCUT2D eigenvalue weighted by Gasteiger charge is 2.21. The summed E-state index contributed by atoms with van der Waals surface area (Å²) in [5.74, 6) is 0.0254. The summed E-state index contributed by atoms with van der Waals surface area (Å²) in [5, 5.41) is 15.0. The van der Waals surface area contributed by atoms with Gasteiger partial charge in [-0.3, -0.25) is 10.1 Å². The van der Waals surface area contributed by atoms with Crippen LogP contribution in [0.5, 0.6) is 0 Å². The van der Waals surface area contributed by atoms with E-state index in [1.165, 1.54) is 17.5 Å². The number of hydrogen-bond acceptors (Lipinski definition) is 5. The van der Waals surface area contributed by atoms with Crippen LogP contribution < -0.4 is 5.32 Å². The summed E-state index contributed by atoms with van der Waals surface area (Å²) >= 11 is 5.93. The molecule has 0 spiro atoms. The Morgan fingerprint density at radius 2 is 2.21 bits per heavy atom. The Balaban J connectivity index is 2.01. The smallest absolute Gasteiger partial charge is 0.270 e.